The van der Waals surface area contributed by atoms with Gasteiger partial charge in [0.25, 0.3) is 5.91 Å². The van der Waals surface area contributed by atoms with Crippen molar-refractivity contribution in [2.24, 2.45) is 0 Å². The summed E-state index contributed by atoms with van der Waals surface area (Å²) in [6.45, 7) is 0.936. The highest BCUT2D eigenvalue weighted by Crippen LogP contribution is 2.26. The second-order valence-corrected chi connectivity index (χ2v) is 8.02. The van der Waals surface area contributed by atoms with Gasteiger partial charge in [0.1, 0.15) is 6.04 Å². The van der Waals surface area contributed by atoms with Gasteiger partial charge in [0.05, 0.1) is 0 Å². The molecule has 1 aliphatic carbocycles. The molecule has 1 unspecified atom stereocenters. The van der Waals surface area contributed by atoms with E-state index in [0.29, 0.717) is 31.1 Å². The van der Waals surface area contributed by atoms with E-state index in [1.165, 1.54) is 0 Å². The van der Waals surface area contributed by atoms with Gasteiger partial charge in [-0.2, -0.15) is 0 Å². The fourth-order valence-electron chi connectivity index (χ4n) is 3.76. The van der Waals surface area contributed by atoms with Crippen LogP contribution in [0.4, 0.5) is 0 Å². The van der Waals surface area contributed by atoms with Crippen molar-refractivity contribution in [2.45, 2.75) is 50.7 Å². The Labute approximate surface area is 176 Å². The van der Waals surface area contributed by atoms with Crippen molar-refractivity contribution in [3.8, 4) is 0 Å². The Hall–Kier alpha value is -3.15. The molecule has 6 heteroatoms. The first-order valence-electron chi connectivity index (χ1n) is 10.6. The van der Waals surface area contributed by atoms with E-state index in [1.54, 1.807) is 17.0 Å². The summed E-state index contributed by atoms with van der Waals surface area (Å²) in [4.78, 5) is 39.4. The third kappa shape index (κ3) is 4.87. The van der Waals surface area contributed by atoms with E-state index in [-0.39, 0.29) is 17.7 Å². The minimum Gasteiger partial charge on any atom is -0.350 e. The Morgan fingerprint density at radius 3 is 2.40 bits per heavy atom. The summed E-state index contributed by atoms with van der Waals surface area (Å²) in [6.07, 6.45) is 4.38. The van der Waals surface area contributed by atoms with Gasteiger partial charge < -0.3 is 15.5 Å². The molecule has 1 aliphatic heterocycles. The molecule has 0 bridgehead atoms. The highest BCUT2D eigenvalue weighted by atomic mass is 16.2. The zero-order chi connectivity index (χ0) is 20.9. The smallest absolute Gasteiger partial charge is 0.251 e. The van der Waals surface area contributed by atoms with Gasteiger partial charge in [-0.25, -0.2) is 0 Å². The topological polar surface area (TPSA) is 78.5 Å². The molecular weight excluding hydrogens is 378 g/mol. The molecule has 1 saturated heterocycles. The number of likely N-dealkylation sites (tertiary alicyclic amines) is 1. The highest BCUT2D eigenvalue weighted by molar-refractivity contribution is 5.94. The lowest BCUT2D eigenvalue weighted by Crippen LogP contribution is -2.45. The van der Waals surface area contributed by atoms with Crippen LogP contribution in [0.15, 0.2) is 54.6 Å². The zero-order valence-corrected chi connectivity index (χ0v) is 17.0. The van der Waals surface area contributed by atoms with Crippen molar-refractivity contribution < 1.29 is 14.4 Å². The Bertz CT molecular complexity index is 907. The Morgan fingerprint density at radius 1 is 1.00 bits per heavy atom. The van der Waals surface area contributed by atoms with Gasteiger partial charge in [-0.15, -0.1) is 0 Å². The maximum atomic E-state index is 13.1. The third-order valence-electron chi connectivity index (χ3n) is 5.63. The predicted octanol–water partition coefficient (Wildman–Crippen LogP) is 2.95. The first kappa shape index (κ1) is 20.1. The number of carbonyl (C=O) groups is 3. The molecule has 1 atom stereocenters. The number of hydrogen-bond acceptors (Lipinski definition) is 3. The van der Waals surface area contributed by atoms with Gasteiger partial charge in [-0.05, 0) is 48.9 Å². The van der Waals surface area contributed by atoms with Gasteiger partial charge in [0.2, 0.25) is 11.8 Å². The van der Waals surface area contributed by atoms with Crippen LogP contribution in [-0.2, 0) is 16.1 Å². The molecule has 3 amide bonds. The molecule has 1 heterocycles. The molecule has 0 aromatic heterocycles. The predicted molar refractivity (Wildman–Crippen MR) is 114 cm³/mol. The van der Waals surface area contributed by atoms with Gasteiger partial charge in [-0.1, -0.05) is 42.5 Å². The Morgan fingerprint density at radius 2 is 1.73 bits per heavy atom. The van der Waals surface area contributed by atoms with E-state index in [0.717, 1.165) is 36.8 Å². The molecule has 2 aliphatic rings. The molecule has 0 radical (unpaired) electrons. The van der Waals surface area contributed by atoms with E-state index in [9.17, 15) is 14.4 Å². The fourth-order valence-corrected chi connectivity index (χ4v) is 3.76. The number of piperidine rings is 1. The van der Waals surface area contributed by atoms with Gasteiger partial charge in [0, 0.05) is 31.1 Å². The van der Waals surface area contributed by atoms with Crippen molar-refractivity contribution in [3.05, 3.63) is 71.3 Å². The molecule has 30 heavy (non-hydrogen) atoms. The minimum absolute atomic E-state index is 0.0243. The Kier molecular flexibility index (Phi) is 6.12. The summed E-state index contributed by atoms with van der Waals surface area (Å²) >= 11 is 0. The van der Waals surface area contributed by atoms with Crippen molar-refractivity contribution in [2.75, 3.05) is 6.54 Å². The van der Waals surface area contributed by atoms with E-state index in [1.807, 2.05) is 42.5 Å². The first-order chi connectivity index (χ1) is 14.6. The lowest BCUT2D eigenvalue weighted by Gasteiger charge is -2.34. The monoisotopic (exact) mass is 405 g/mol. The van der Waals surface area contributed by atoms with Crippen molar-refractivity contribution in [1.29, 1.82) is 0 Å². The maximum Gasteiger partial charge on any atom is 0.251 e. The third-order valence-corrected chi connectivity index (χ3v) is 5.63. The van der Waals surface area contributed by atoms with Crippen LogP contribution >= 0.6 is 0 Å². The van der Waals surface area contributed by atoms with Crippen LogP contribution in [0.5, 0.6) is 0 Å². The first-order valence-corrected chi connectivity index (χ1v) is 10.6. The number of nitrogens with zero attached hydrogens (tertiary/aromatic N) is 1. The summed E-state index contributed by atoms with van der Waals surface area (Å²) in [7, 11) is 0. The zero-order valence-electron chi connectivity index (χ0n) is 17.0. The fraction of sp³-hybridized carbons (Fsp3) is 0.375. The van der Waals surface area contributed by atoms with Crippen LogP contribution in [0.2, 0.25) is 0 Å². The second kappa shape index (κ2) is 9.11. The molecule has 6 nitrogen and oxygen atoms in total. The number of nitrogens with one attached hydrogen (secondary N) is 2. The maximum absolute atomic E-state index is 13.1. The lowest BCUT2D eigenvalue weighted by atomic mass is 10.0. The summed E-state index contributed by atoms with van der Waals surface area (Å²) in [6, 6.07) is 16.4. The molecule has 2 fully saturated rings. The normalized spacial score (nSPS) is 17.3. The van der Waals surface area contributed by atoms with Gasteiger partial charge in [-0.3, -0.25) is 14.4 Å². The Balaban J connectivity index is 1.42. The SMILES string of the molecule is O=C(NC1CC1)c1ccc(CNC(=O)C(c2ccccc2)N2CCCCC2=O)cc1. The molecule has 2 N–H and O–H groups in total. The molecule has 156 valence electrons. The van der Waals surface area contributed by atoms with Crippen LogP contribution in [0, 0.1) is 0 Å². The van der Waals surface area contributed by atoms with Crippen molar-refractivity contribution in [3.63, 3.8) is 0 Å². The highest BCUT2D eigenvalue weighted by Gasteiger charge is 2.32. The molecular formula is C24H27N3O3. The summed E-state index contributed by atoms with van der Waals surface area (Å²) in [5.74, 6) is -0.218. The van der Waals surface area contributed by atoms with Crippen molar-refractivity contribution >= 4 is 17.7 Å². The number of hydrogen-bond donors (Lipinski definition) is 2. The second-order valence-electron chi connectivity index (χ2n) is 8.02. The van der Waals surface area contributed by atoms with Crippen LogP contribution in [-0.4, -0.2) is 35.2 Å². The van der Waals surface area contributed by atoms with Gasteiger partial charge >= 0.3 is 0 Å². The van der Waals surface area contributed by atoms with E-state index >= 15 is 0 Å². The van der Waals surface area contributed by atoms with Crippen LogP contribution < -0.4 is 10.6 Å². The average molecular weight is 405 g/mol. The van der Waals surface area contributed by atoms with Crippen molar-refractivity contribution in [1.82, 2.24) is 15.5 Å². The largest absolute Gasteiger partial charge is 0.350 e. The lowest BCUT2D eigenvalue weighted by molar-refractivity contribution is -0.142. The van der Waals surface area contributed by atoms with E-state index in [2.05, 4.69) is 10.6 Å². The number of benzene rings is 2. The number of carbonyl (C=O) groups excluding carboxylic acids is 3. The number of rotatable bonds is 7. The number of amides is 3. The average Bonchev–Trinajstić information content (AvgIpc) is 3.59. The molecule has 4 rings (SSSR count). The quantitative estimate of drug-likeness (QED) is 0.743. The van der Waals surface area contributed by atoms with Crippen LogP contribution in [0.3, 0.4) is 0 Å². The summed E-state index contributed by atoms with van der Waals surface area (Å²) < 4.78 is 0. The van der Waals surface area contributed by atoms with Crippen LogP contribution in [0.25, 0.3) is 0 Å². The van der Waals surface area contributed by atoms with Gasteiger partial charge in [0.15, 0.2) is 0 Å². The summed E-state index contributed by atoms with van der Waals surface area (Å²) in [5.41, 5.74) is 2.35. The molecule has 1 saturated carbocycles. The van der Waals surface area contributed by atoms with E-state index < -0.39 is 6.04 Å². The standard InChI is InChI=1S/C24H27N3O3/c28-21-8-4-5-15-27(21)22(18-6-2-1-3-7-18)24(30)25-16-17-9-11-19(12-10-17)23(29)26-20-13-14-20/h1-3,6-7,9-12,20,22H,4-5,8,13-16H2,(H,25,30)(H,26,29). The van der Waals surface area contributed by atoms with E-state index in [4.69, 9.17) is 0 Å². The molecule has 0 spiro atoms. The molecule has 2 aromatic carbocycles. The minimum atomic E-state index is -0.623. The molecule has 2 aromatic rings. The summed E-state index contributed by atoms with van der Waals surface area (Å²) in [5, 5.41) is 5.94. The van der Waals surface area contributed by atoms with Crippen LogP contribution in [0.1, 0.15) is 59.6 Å².